The van der Waals surface area contributed by atoms with Crippen LogP contribution in [0.1, 0.15) is 39.2 Å². The van der Waals surface area contributed by atoms with E-state index in [1.54, 1.807) is 7.11 Å². The number of benzene rings is 1. The summed E-state index contributed by atoms with van der Waals surface area (Å²) in [6.07, 6.45) is 1.72. The van der Waals surface area contributed by atoms with Gasteiger partial charge in [-0.25, -0.2) is 4.79 Å². The average Bonchev–Trinajstić information content (AvgIpc) is 2.71. The standard InChI is InChI=1S/C23H40N4O3/c1-23(2,3)25-22(28)30-18-6-13-27-16-14-26(15-17-27)12-5-11-24-19-20-7-9-21(29-4)10-8-20/h7-10,24H,5-6,11-19H2,1-4H3,(H,25,28). The Kier molecular flexibility index (Phi) is 10.4. The second kappa shape index (κ2) is 12.8. The Morgan fingerprint density at radius 3 is 2.17 bits per heavy atom. The molecule has 0 radical (unpaired) electrons. The van der Waals surface area contributed by atoms with Gasteiger partial charge < -0.3 is 29.9 Å². The minimum Gasteiger partial charge on any atom is -0.497 e. The van der Waals surface area contributed by atoms with Crippen LogP contribution in [0.15, 0.2) is 24.3 Å². The largest absolute Gasteiger partial charge is 0.497 e. The average molecular weight is 421 g/mol. The summed E-state index contributed by atoms with van der Waals surface area (Å²) in [5, 5.41) is 6.33. The van der Waals surface area contributed by atoms with Gasteiger partial charge in [-0.1, -0.05) is 12.1 Å². The van der Waals surface area contributed by atoms with Crippen LogP contribution in [-0.4, -0.2) is 81.0 Å². The van der Waals surface area contributed by atoms with Crippen LogP contribution < -0.4 is 15.4 Å². The molecule has 0 saturated carbocycles. The van der Waals surface area contributed by atoms with Gasteiger partial charge in [0.05, 0.1) is 13.7 Å². The van der Waals surface area contributed by atoms with Crippen molar-refractivity contribution in [2.24, 2.45) is 0 Å². The highest BCUT2D eigenvalue weighted by Crippen LogP contribution is 2.11. The zero-order chi connectivity index (χ0) is 21.8. The van der Waals surface area contributed by atoms with Crippen molar-refractivity contribution in [3.05, 3.63) is 29.8 Å². The summed E-state index contributed by atoms with van der Waals surface area (Å²) in [7, 11) is 1.69. The van der Waals surface area contributed by atoms with Crippen LogP contribution in [0.3, 0.4) is 0 Å². The van der Waals surface area contributed by atoms with Gasteiger partial charge >= 0.3 is 6.09 Å². The van der Waals surface area contributed by atoms with Gasteiger partial charge in [0.2, 0.25) is 0 Å². The molecule has 7 heteroatoms. The second-order valence-electron chi connectivity index (χ2n) is 8.93. The molecule has 170 valence electrons. The first-order valence-corrected chi connectivity index (χ1v) is 11.1. The summed E-state index contributed by atoms with van der Waals surface area (Å²) in [4.78, 5) is 16.6. The maximum Gasteiger partial charge on any atom is 0.407 e. The van der Waals surface area contributed by atoms with E-state index in [-0.39, 0.29) is 11.6 Å². The van der Waals surface area contributed by atoms with E-state index in [2.05, 4.69) is 32.6 Å². The summed E-state index contributed by atoms with van der Waals surface area (Å²) >= 11 is 0. The highest BCUT2D eigenvalue weighted by molar-refractivity contribution is 5.67. The minimum absolute atomic E-state index is 0.251. The number of methoxy groups -OCH3 is 1. The molecule has 1 amide bonds. The minimum atomic E-state index is -0.326. The first kappa shape index (κ1) is 24.4. The molecule has 1 aliphatic rings. The summed E-state index contributed by atoms with van der Waals surface area (Å²) < 4.78 is 10.4. The number of nitrogens with one attached hydrogen (secondary N) is 2. The van der Waals surface area contributed by atoms with Crippen molar-refractivity contribution >= 4 is 6.09 Å². The number of piperazine rings is 1. The first-order chi connectivity index (χ1) is 14.4. The van der Waals surface area contributed by atoms with Gasteiger partial charge in [-0.3, -0.25) is 0 Å². The maximum atomic E-state index is 11.6. The van der Waals surface area contributed by atoms with Crippen LogP contribution in [0.25, 0.3) is 0 Å². The van der Waals surface area contributed by atoms with Crippen molar-refractivity contribution in [3.63, 3.8) is 0 Å². The molecule has 1 aliphatic heterocycles. The van der Waals surface area contributed by atoms with Gasteiger partial charge in [0, 0.05) is 44.8 Å². The van der Waals surface area contributed by atoms with E-state index in [1.807, 2.05) is 32.9 Å². The smallest absolute Gasteiger partial charge is 0.407 e. The van der Waals surface area contributed by atoms with Crippen LogP contribution in [0.5, 0.6) is 5.75 Å². The topological polar surface area (TPSA) is 66.1 Å². The lowest BCUT2D eigenvalue weighted by Crippen LogP contribution is -2.47. The van der Waals surface area contributed by atoms with Gasteiger partial charge in [0.1, 0.15) is 5.75 Å². The van der Waals surface area contributed by atoms with Gasteiger partial charge in [0.15, 0.2) is 0 Å². The van der Waals surface area contributed by atoms with E-state index in [1.165, 1.54) is 5.56 Å². The van der Waals surface area contributed by atoms with E-state index in [4.69, 9.17) is 9.47 Å². The van der Waals surface area contributed by atoms with E-state index < -0.39 is 0 Å². The SMILES string of the molecule is COc1ccc(CNCCCN2CCN(CCCOC(=O)NC(C)(C)C)CC2)cc1. The van der Waals surface area contributed by atoms with Crippen LogP contribution in [-0.2, 0) is 11.3 Å². The molecule has 1 aromatic carbocycles. The molecular formula is C23H40N4O3. The normalized spacial score (nSPS) is 15.7. The van der Waals surface area contributed by atoms with Crippen molar-refractivity contribution in [2.75, 3.05) is 59.5 Å². The molecular weight excluding hydrogens is 380 g/mol. The van der Waals surface area contributed by atoms with Gasteiger partial charge in [-0.2, -0.15) is 0 Å². The number of nitrogens with zero attached hydrogens (tertiary/aromatic N) is 2. The molecule has 2 rings (SSSR count). The molecule has 0 spiro atoms. The third kappa shape index (κ3) is 10.3. The number of hydrogen-bond donors (Lipinski definition) is 2. The molecule has 0 unspecified atom stereocenters. The molecule has 30 heavy (non-hydrogen) atoms. The Labute approximate surface area is 182 Å². The maximum absolute atomic E-state index is 11.6. The quantitative estimate of drug-likeness (QED) is 0.537. The second-order valence-corrected chi connectivity index (χ2v) is 8.93. The molecule has 1 heterocycles. The Morgan fingerprint density at radius 1 is 1.00 bits per heavy atom. The van der Waals surface area contributed by atoms with Crippen molar-refractivity contribution in [3.8, 4) is 5.75 Å². The molecule has 7 nitrogen and oxygen atoms in total. The van der Waals surface area contributed by atoms with Crippen molar-refractivity contribution in [2.45, 2.75) is 45.7 Å². The summed E-state index contributed by atoms with van der Waals surface area (Å²) in [6.45, 7) is 14.8. The summed E-state index contributed by atoms with van der Waals surface area (Å²) in [6, 6.07) is 8.22. The van der Waals surface area contributed by atoms with Crippen molar-refractivity contribution in [1.29, 1.82) is 0 Å². The molecule has 0 bridgehead atoms. The number of carbonyl (C=O) groups excluding carboxylic acids is 1. The van der Waals surface area contributed by atoms with Gasteiger partial charge in [-0.15, -0.1) is 0 Å². The van der Waals surface area contributed by atoms with E-state index in [0.29, 0.717) is 6.61 Å². The molecule has 1 saturated heterocycles. The molecule has 0 aromatic heterocycles. The van der Waals surface area contributed by atoms with Crippen LogP contribution >= 0.6 is 0 Å². The number of amides is 1. The first-order valence-electron chi connectivity index (χ1n) is 11.1. The predicted molar refractivity (Wildman–Crippen MR) is 121 cm³/mol. The monoisotopic (exact) mass is 420 g/mol. The lowest BCUT2D eigenvalue weighted by atomic mass is 10.1. The number of ether oxygens (including phenoxy) is 2. The zero-order valence-corrected chi connectivity index (χ0v) is 19.2. The molecule has 1 aromatic rings. The number of rotatable bonds is 11. The third-order valence-corrected chi connectivity index (χ3v) is 5.11. The highest BCUT2D eigenvalue weighted by atomic mass is 16.5. The van der Waals surface area contributed by atoms with Crippen molar-refractivity contribution < 1.29 is 14.3 Å². The zero-order valence-electron chi connectivity index (χ0n) is 19.2. The van der Waals surface area contributed by atoms with Crippen LogP contribution in [0, 0.1) is 0 Å². The van der Waals surface area contributed by atoms with Crippen LogP contribution in [0.2, 0.25) is 0 Å². The number of alkyl carbamates (subject to hydrolysis) is 1. The number of carbonyl (C=O) groups is 1. The Morgan fingerprint density at radius 2 is 1.60 bits per heavy atom. The summed E-state index contributed by atoms with van der Waals surface area (Å²) in [5.41, 5.74) is 1.03. The number of hydrogen-bond acceptors (Lipinski definition) is 6. The fourth-order valence-corrected chi connectivity index (χ4v) is 3.44. The Bertz CT molecular complexity index is 608. The molecule has 0 atom stereocenters. The summed E-state index contributed by atoms with van der Waals surface area (Å²) in [5.74, 6) is 0.899. The predicted octanol–water partition coefficient (Wildman–Crippen LogP) is 2.71. The van der Waals surface area contributed by atoms with E-state index in [0.717, 1.165) is 70.9 Å². The molecule has 1 fully saturated rings. The third-order valence-electron chi connectivity index (χ3n) is 5.11. The molecule has 2 N–H and O–H groups in total. The lowest BCUT2D eigenvalue weighted by Gasteiger charge is -2.34. The fourth-order valence-electron chi connectivity index (χ4n) is 3.44. The van der Waals surface area contributed by atoms with E-state index >= 15 is 0 Å². The van der Waals surface area contributed by atoms with Gasteiger partial charge in [0.25, 0.3) is 0 Å². The van der Waals surface area contributed by atoms with Crippen LogP contribution in [0.4, 0.5) is 4.79 Å². The Balaban J connectivity index is 1.46. The molecule has 0 aliphatic carbocycles. The van der Waals surface area contributed by atoms with Gasteiger partial charge in [-0.05, 0) is 64.4 Å². The Hall–Kier alpha value is -1.83. The fraction of sp³-hybridized carbons (Fsp3) is 0.696. The van der Waals surface area contributed by atoms with Crippen molar-refractivity contribution in [1.82, 2.24) is 20.4 Å². The lowest BCUT2D eigenvalue weighted by molar-refractivity contribution is 0.110. The van der Waals surface area contributed by atoms with E-state index in [9.17, 15) is 4.79 Å². The highest BCUT2D eigenvalue weighted by Gasteiger charge is 2.17.